The fourth-order valence-electron chi connectivity index (χ4n) is 3.43. The predicted molar refractivity (Wildman–Crippen MR) is 104 cm³/mol. The molecule has 0 radical (unpaired) electrons. The summed E-state index contributed by atoms with van der Waals surface area (Å²) in [5.41, 5.74) is 1.01. The van der Waals surface area contributed by atoms with Crippen molar-refractivity contribution in [2.75, 3.05) is 0 Å². The van der Waals surface area contributed by atoms with E-state index in [9.17, 15) is 0 Å². The molecule has 2 heterocycles. The summed E-state index contributed by atoms with van der Waals surface area (Å²) in [5, 5.41) is 9.16. The van der Waals surface area contributed by atoms with E-state index in [0.29, 0.717) is 0 Å². The molecule has 0 aliphatic rings. The van der Waals surface area contributed by atoms with E-state index in [1.54, 1.807) is 6.20 Å². The van der Waals surface area contributed by atoms with Gasteiger partial charge in [0.1, 0.15) is 0 Å². The minimum absolute atomic E-state index is 1.01. The van der Waals surface area contributed by atoms with Crippen molar-refractivity contribution in [3.05, 3.63) is 30.7 Å². The van der Waals surface area contributed by atoms with Crippen LogP contribution in [0.3, 0.4) is 0 Å². The van der Waals surface area contributed by atoms with Crippen molar-refractivity contribution < 1.29 is 0 Å². The van der Waals surface area contributed by atoms with E-state index in [4.69, 9.17) is 5.10 Å². The first-order valence-electron chi connectivity index (χ1n) is 9.59. The van der Waals surface area contributed by atoms with Crippen molar-refractivity contribution in [2.45, 2.75) is 72.6 Å². The first-order valence-corrected chi connectivity index (χ1v) is 17.1. The van der Waals surface area contributed by atoms with Gasteiger partial charge in [-0.2, -0.15) is 0 Å². The van der Waals surface area contributed by atoms with Crippen molar-refractivity contribution >= 4 is 22.1 Å². The second-order valence-corrected chi connectivity index (χ2v) is 19.9. The summed E-state index contributed by atoms with van der Waals surface area (Å²) in [4.78, 5) is 4.21. The van der Waals surface area contributed by atoms with Gasteiger partial charge in [-0.3, -0.25) is 0 Å². The van der Waals surface area contributed by atoms with Crippen molar-refractivity contribution in [3.8, 4) is 5.69 Å². The molecule has 0 amide bonds. The number of hydrogen-bond acceptors (Lipinski definition) is 3. The summed E-state index contributed by atoms with van der Waals surface area (Å²) in [6.07, 6.45) is 13.8. The number of aromatic nitrogens is 4. The summed E-state index contributed by atoms with van der Waals surface area (Å²) in [7, 11) is 0. The molecule has 0 aliphatic carbocycles. The Kier molecular flexibility index (Phi) is 8.22. The van der Waals surface area contributed by atoms with Gasteiger partial charge < -0.3 is 0 Å². The molecule has 0 atom stereocenters. The van der Waals surface area contributed by atoms with Crippen molar-refractivity contribution in [3.63, 3.8) is 0 Å². The second-order valence-electron chi connectivity index (χ2n) is 6.85. The average Bonchev–Trinajstić information content (AvgIpc) is 3.13. The maximum atomic E-state index is 4.70. The van der Waals surface area contributed by atoms with E-state index in [-0.39, 0.29) is 0 Å². The molecule has 4 nitrogen and oxygen atoms in total. The maximum absolute atomic E-state index is 4.70. The van der Waals surface area contributed by atoms with Crippen LogP contribution >= 0.6 is 0 Å². The number of nitrogens with zero attached hydrogens (tertiary/aromatic N) is 4. The van der Waals surface area contributed by atoms with Gasteiger partial charge in [0, 0.05) is 0 Å². The van der Waals surface area contributed by atoms with Crippen molar-refractivity contribution in [2.24, 2.45) is 0 Å². The summed E-state index contributed by atoms with van der Waals surface area (Å²) >= 11 is -2.45. The quantitative estimate of drug-likeness (QED) is 0.480. The second kappa shape index (κ2) is 10.2. The molecule has 0 N–H and O–H groups in total. The third-order valence-corrected chi connectivity index (χ3v) is 20.0. The van der Waals surface area contributed by atoms with E-state index in [2.05, 4.69) is 37.2 Å². The van der Waals surface area contributed by atoms with Gasteiger partial charge in [-0.05, 0) is 0 Å². The van der Waals surface area contributed by atoms with Crippen LogP contribution in [-0.2, 0) is 0 Å². The van der Waals surface area contributed by atoms with Crippen LogP contribution in [0.25, 0.3) is 5.69 Å². The standard InChI is InChI=1S/C7H5N4.3C4H9.Sn/c1-2-7(6-8-3-1)11-5-4-9-10-11;3*1-3-4-2;/h1-3,5-6H;3*1,3-4H2,2H3;. The normalized spacial score (nSPS) is 11.8. The minimum atomic E-state index is -2.45. The molecule has 0 unspecified atom stereocenters. The summed E-state index contributed by atoms with van der Waals surface area (Å²) < 4.78 is 7.59. The Morgan fingerprint density at radius 3 is 2.08 bits per heavy atom. The van der Waals surface area contributed by atoms with Crippen LogP contribution in [0.1, 0.15) is 59.3 Å². The van der Waals surface area contributed by atoms with Gasteiger partial charge in [0.2, 0.25) is 0 Å². The molecule has 2 aromatic rings. The SMILES string of the molecule is CCC[CH2][Sn]([CH2]CCC)([CH2]CCC)[c]1cn(-c2cccnc2)nn1. The Balaban J connectivity index is 2.31. The number of hydrogen-bond donors (Lipinski definition) is 0. The van der Waals surface area contributed by atoms with Crippen LogP contribution in [0.4, 0.5) is 0 Å². The van der Waals surface area contributed by atoms with Crippen LogP contribution < -0.4 is 3.71 Å². The van der Waals surface area contributed by atoms with Gasteiger partial charge in [0.05, 0.1) is 0 Å². The van der Waals surface area contributed by atoms with Crippen LogP contribution in [0.15, 0.2) is 30.7 Å². The van der Waals surface area contributed by atoms with Crippen LogP contribution in [0, 0.1) is 0 Å². The Bertz CT molecular complexity index is 560. The van der Waals surface area contributed by atoms with E-state index >= 15 is 0 Å². The molecule has 5 heteroatoms. The van der Waals surface area contributed by atoms with Gasteiger partial charge in [-0.1, -0.05) is 0 Å². The Morgan fingerprint density at radius 1 is 0.958 bits per heavy atom. The third kappa shape index (κ3) is 5.04. The van der Waals surface area contributed by atoms with Crippen LogP contribution in [0.2, 0.25) is 13.3 Å². The molecule has 2 aromatic heterocycles. The van der Waals surface area contributed by atoms with Gasteiger partial charge in [0.25, 0.3) is 0 Å². The Labute approximate surface area is 151 Å². The van der Waals surface area contributed by atoms with Crippen molar-refractivity contribution in [1.29, 1.82) is 0 Å². The zero-order valence-corrected chi connectivity index (χ0v) is 18.4. The van der Waals surface area contributed by atoms with Gasteiger partial charge in [0.15, 0.2) is 0 Å². The zero-order chi connectivity index (χ0) is 17.3. The summed E-state index contributed by atoms with van der Waals surface area (Å²) in [5.74, 6) is 0. The van der Waals surface area contributed by atoms with E-state index < -0.39 is 18.4 Å². The van der Waals surface area contributed by atoms with Crippen molar-refractivity contribution in [1.82, 2.24) is 20.0 Å². The number of rotatable bonds is 11. The zero-order valence-electron chi connectivity index (χ0n) is 15.5. The average molecular weight is 435 g/mol. The third-order valence-electron chi connectivity index (χ3n) is 4.97. The molecule has 0 saturated heterocycles. The summed E-state index contributed by atoms with van der Waals surface area (Å²) in [6.45, 7) is 6.92. The van der Waals surface area contributed by atoms with Gasteiger partial charge >= 0.3 is 151 Å². The topological polar surface area (TPSA) is 43.6 Å². The fourth-order valence-corrected chi connectivity index (χ4v) is 18.4. The molecule has 0 spiro atoms. The molecule has 2 rings (SSSR count). The predicted octanol–water partition coefficient (Wildman–Crippen LogP) is 4.72. The molecule has 0 bridgehead atoms. The van der Waals surface area contributed by atoms with Gasteiger partial charge in [-0.25, -0.2) is 0 Å². The molecule has 0 saturated carbocycles. The Hall–Kier alpha value is -0.911. The fraction of sp³-hybridized carbons (Fsp3) is 0.632. The summed E-state index contributed by atoms with van der Waals surface area (Å²) in [6, 6.07) is 4.01. The number of unbranched alkanes of at least 4 members (excludes halogenated alkanes) is 3. The monoisotopic (exact) mass is 436 g/mol. The first-order chi connectivity index (χ1) is 11.8. The molecule has 0 aliphatic heterocycles. The Morgan fingerprint density at radius 2 is 1.58 bits per heavy atom. The van der Waals surface area contributed by atoms with E-state index in [0.717, 1.165) is 5.69 Å². The van der Waals surface area contributed by atoms with Crippen LogP contribution in [-0.4, -0.2) is 38.4 Å². The van der Waals surface area contributed by atoms with Crippen LogP contribution in [0.5, 0.6) is 0 Å². The molecular formula is C19H32N4Sn. The molecular weight excluding hydrogens is 403 g/mol. The van der Waals surface area contributed by atoms with E-state index in [1.165, 1.54) is 55.5 Å². The molecule has 24 heavy (non-hydrogen) atoms. The van der Waals surface area contributed by atoms with E-state index in [1.807, 2.05) is 23.0 Å². The number of pyridine rings is 1. The van der Waals surface area contributed by atoms with Gasteiger partial charge in [-0.15, -0.1) is 0 Å². The molecule has 132 valence electrons. The molecule has 0 fully saturated rings. The molecule has 0 aromatic carbocycles. The first kappa shape index (κ1) is 19.4.